The molecule has 0 atom stereocenters. The van der Waals surface area contributed by atoms with Crippen molar-refractivity contribution >= 4 is 39.1 Å². The average molecular weight is 466 g/mol. The monoisotopic (exact) mass is 465 g/mol. The zero-order chi connectivity index (χ0) is 22.6. The van der Waals surface area contributed by atoms with Crippen LogP contribution in [0.3, 0.4) is 0 Å². The van der Waals surface area contributed by atoms with Crippen molar-refractivity contribution in [1.82, 2.24) is 35.1 Å². The second-order valence-electron chi connectivity index (χ2n) is 8.37. The number of fused-ring (bicyclic) bond motifs is 2. The molecule has 1 aliphatic heterocycles. The number of H-pyrrole nitrogens is 2. The van der Waals surface area contributed by atoms with Gasteiger partial charge in [-0.25, -0.2) is 9.97 Å². The first-order chi connectivity index (χ1) is 16.7. The Morgan fingerprint density at radius 1 is 1.00 bits per heavy atom. The molecule has 0 aromatic carbocycles. The van der Waals surface area contributed by atoms with Gasteiger partial charge in [0.1, 0.15) is 22.7 Å². The molecule has 10 heteroatoms. The summed E-state index contributed by atoms with van der Waals surface area (Å²) in [4.78, 5) is 25.4. The minimum atomic E-state index is 0.195. The van der Waals surface area contributed by atoms with Crippen LogP contribution in [-0.2, 0) is 0 Å². The van der Waals surface area contributed by atoms with Crippen LogP contribution in [-0.4, -0.2) is 54.2 Å². The molecule has 7 heterocycles. The second-order valence-corrected chi connectivity index (χ2v) is 9.32. The highest BCUT2D eigenvalue weighted by Gasteiger charge is 2.25. The Morgan fingerprint density at radius 2 is 1.94 bits per heavy atom. The fourth-order valence-corrected chi connectivity index (χ4v) is 5.09. The fraction of sp³-hybridized carbons (Fsp3) is 0.125. The van der Waals surface area contributed by atoms with Gasteiger partial charge in [0.15, 0.2) is 0 Å². The Hall–Kier alpha value is -4.15. The molecule has 0 spiro atoms. The van der Waals surface area contributed by atoms with E-state index in [2.05, 4.69) is 47.6 Å². The molecule has 0 bridgehead atoms. The van der Waals surface area contributed by atoms with Gasteiger partial charge in [0, 0.05) is 36.2 Å². The maximum absolute atomic E-state index is 5.92. The van der Waals surface area contributed by atoms with Crippen molar-refractivity contribution in [3.05, 3.63) is 60.4 Å². The average Bonchev–Trinajstić information content (AvgIpc) is 3.60. The number of nitrogens with one attached hydrogen (secondary N) is 2. The first kappa shape index (κ1) is 19.3. The molecule has 1 fully saturated rings. The minimum absolute atomic E-state index is 0.195. The number of nitrogens with two attached hydrogens (primary N) is 1. The normalized spacial score (nSPS) is 14.2. The van der Waals surface area contributed by atoms with Crippen molar-refractivity contribution in [2.45, 2.75) is 6.04 Å². The van der Waals surface area contributed by atoms with Crippen LogP contribution in [0, 0.1) is 0 Å². The molecular weight excluding hydrogens is 446 g/mol. The Balaban J connectivity index is 1.31. The van der Waals surface area contributed by atoms with Crippen LogP contribution in [0.2, 0.25) is 0 Å². The number of nitrogens with zero attached hydrogens (tertiary/aromatic N) is 6. The van der Waals surface area contributed by atoms with Crippen molar-refractivity contribution in [2.75, 3.05) is 18.0 Å². The Labute approximate surface area is 197 Å². The summed E-state index contributed by atoms with van der Waals surface area (Å²) in [6.07, 6.45) is 5.33. The van der Waals surface area contributed by atoms with E-state index in [-0.39, 0.29) is 6.04 Å². The molecule has 0 aliphatic carbocycles. The predicted molar refractivity (Wildman–Crippen MR) is 134 cm³/mol. The standard InChI is InChI=1S/C24H19N9S/c25-13-11-33(12-13)21-10-26-9-19(29-21)16-3-4-17-23(30-16)24(32-31-17)18-8-14-15(28-18)5-6-27-22(14)20-2-1-7-34-20/h1-10,13,28H,11-12,25H2,(H,31,32). The Kier molecular flexibility index (Phi) is 4.23. The van der Waals surface area contributed by atoms with Gasteiger partial charge in [-0.2, -0.15) is 5.10 Å². The van der Waals surface area contributed by atoms with Crippen LogP contribution < -0.4 is 10.6 Å². The van der Waals surface area contributed by atoms with Gasteiger partial charge >= 0.3 is 0 Å². The SMILES string of the molecule is NC1CN(c2cncc(-c3ccc4[nH]nc(-c5cc6c(-c7cccs7)nccc6[nH]5)c4n3)n2)C1. The number of hydrogen-bond acceptors (Lipinski definition) is 8. The zero-order valence-electron chi connectivity index (χ0n) is 17.9. The van der Waals surface area contributed by atoms with Crippen LogP contribution in [0.5, 0.6) is 0 Å². The lowest BCUT2D eigenvalue weighted by atomic mass is 10.1. The van der Waals surface area contributed by atoms with Crippen molar-refractivity contribution in [1.29, 1.82) is 0 Å². The topological polar surface area (TPSA) is 125 Å². The predicted octanol–water partition coefficient (Wildman–Crippen LogP) is 3.83. The fourth-order valence-electron chi connectivity index (χ4n) is 4.35. The van der Waals surface area contributed by atoms with Crippen molar-refractivity contribution in [2.24, 2.45) is 5.73 Å². The third kappa shape index (κ3) is 3.07. The summed E-state index contributed by atoms with van der Waals surface area (Å²) in [5.74, 6) is 0.817. The molecule has 0 radical (unpaired) electrons. The first-order valence-corrected chi connectivity index (χ1v) is 11.8. The first-order valence-electron chi connectivity index (χ1n) is 10.9. The minimum Gasteiger partial charge on any atom is -0.353 e. The van der Waals surface area contributed by atoms with Gasteiger partial charge in [-0.1, -0.05) is 6.07 Å². The van der Waals surface area contributed by atoms with Crippen molar-refractivity contribution in [3.63, 3.8) is 0 Å². The lowest BCUT2D eigenvalue weighted by Crippen LogP contribution is -2.56. The van der Waals surface area contributed by atoms with Crippen LogP contribution in [0.4, 0.5) is 5.82 Å². The van der Waals surface area contributed by atoms with Crippen molar-refractivity contribution < 1.29 is 0 Å². The van der Waals surface area contributed by atoms with E-state index in [0.29, 0.717) is 5.69 Å². The van der Waals surface area contributed by atoms with E-state index in [0.717, 1.165) is 68.5 Å². The Bertz CT molecular complexity index is 1640. The number of anilines is 1. The molecule has 1 saturated heterocycles. The summed E-state index contributed by atoms with van der Waals surface area (Å²) in [7, 11) is 0. The lowest BCUT2D eigenvalue weighted by Gasteiger charge is -2.37. The Morgan fingerprint density at radius 3 is 2.79 bits per heavy atom. The number of aromatic amines is 2. The van der Waals surface area contributed by atoms with Gasteiger partial charge in [0.05, 0.1) is 39.9 Å². The van der Waals surface area contributed by atoms with Gasteiger partial charge in [0.25, 0.3) is 0 Å². The molecule has 7 rings (SSSR count). The van der Waals surface area contributed by atoms with E-state index < -0.39 is 0 Å². The molecule has 0 saturated carbocycles. The largest absolute Gasteiger partial charge is 0.353 e. The van der Waals surface area contributed by atoms with Crippen LogP contribution in [0.1, 0.15) is 0 Å². The maximum Gasteiger partial charge on any atom is 0.147 e. The molecule has 34 heavy (non-hydrogen) atoms. The zero-order valence-corrected chi connectivity index (χ0v) is 18.8. The van der Waals surface area contributed by atoms with Crippen LogP contribution >= 0.6 is 11.3 Å². The summed E-state index contributed by atoms with van der Waals surface area (Å²) < 4.78 is 0. The lowest BCUT2D eigenvalue weighted by molar-refractivity contribution is 0.514. The van der Waals surface area contributed by atoms with Gasteiger partial charge in [-0.15, -0.1) is 11.3 Å². The molecule has 0 unspecified atom stereocenters. The smallest absolute Gasteiger partial charge is 0.147 e. The van der Waals surface area contributed by atoms with E-state index in [4.69, 9.17) is 15.7 Å². The molecular formula is C24H19N9S. The summed E-state index contributed by atoms with van der Waals surface area (Å²) >= 11 is 1.67. The van der Waals surface area contributed by atoms with Crippen molar-refractivity contribution in [3.8, 4) is 33.3 Å². The highest BCUT2D eigenvalue weighted by molar-refractivity contribution is 7.13. The quantitative estimate of drug-likeness (QED) is 0.361. The summed E-state index contributed by atoms with van der Waals surface area (Å²) in [6, 6.07) is 12.3. The van der Waals surface area contributed by atoms with E-state index in [1.54, 1.807) is 23.7 Å². The summed E-state index contributed by atoms with van der Waals surface area (Å²) in [5, 5.41) is 10.8. The van der Waals surface area contributed by atoms with Gasteiger partial charge in [-0.05, 0) is 35.7 Å². The second kappa shape index (κ2) is 7.44. The molecule has 9 nitrogen and oxygen atoms in total. The number of thiophene rings is 1. The number of hydrogen-bond donors (Lipinski definition) is 3. The van der Waals surface area contributed by atoms with Crippen LogP contribution in [0.15, 0.2) is 60.4 Å². The number of pyridine rings is 2. The van der Waals surface area contributed by atoms with Gasteiger partial charge in [-0.3, -0.25) is 15.1 Å². The van der Waals surface area contributed by atoms with E-state index in [1.165, 1.54) is 0 Å². The number of aromatic nitrogens is 7. The highest BCUT2D eigenvalue weighted by atomic mass is 32.1. The third-order valence-corrected chi connectivity index (χ3v) is 6.96. The molecule has 4 N–H and O–H groups in total. The van der Waals surface area contributed by atoms with Gasteiger partial charge < -0.3 is 15.6 Å². The van der Waals surface area contributed by atoms with E-state index in [1.807, 2.05) is 30.5 Å². The van der Waals surface area contributed by atoms with E-state index in [9.17, 15) is 0 Å². The molecule has 0 amide bonds. The molecule has 6 aromatic rings. The molecule has 166 valence electrons. The molecule has 6 aromatic heterocycles. The summed E-state index contributed by atoms with van der Waals surface area (Å²) in [6.45, 7) is 1.58. The third-order valence-electron chi connectivity index (χ3n) is 6.08. The van der Waals surface area contributed by atoms with Crippen LogP contribution in [0.25, 0.3) is 55.3 Å². The van der Waals surface area contributed by atoms with Gasteiger partial charge in [0.2, 0.25) is 0 Å². The number of rotatable bonds is 4. The van der Waals surface area contributed by atoms with E-state index >= 15 is 0 Å². The summed E-state index contributed by atoms with van der Waals surface area (Å²) in [5.41, 5.74) is 12.6. The molecule has 1 aliphatic rings. The highest BCUT2D eigenvalue weighted by Crippen LogP contribution is 2.34. The maximum atomic E-state index is 5.92.